The fourth-order valence-corrected chi connectivity index (χ4v) is 1.88. The van der Waals surface area contributed by atoms with Gasteiger partial charge in [-0.1, -0.05) is 6.07 Å². The quantitative estimate of drug-likeness (QED) is 0.913. The molecule has 2 N–H and O–H groups in total. The topological polar surface area (TPSA) is 55.0 Å². The largest absolute Gasteiger partial charge is 0.330 e. The van der Waals surface area contributed by atoms with Crippen molar-refractivity contribution >= 4 is 11.5 Å². The molecule has 4 nitrogen and oxygen atoms in total. The third kappa shape index (κ3) is 3.08. The predicted octanol–water partition coefficient (Wildman–Crippen LogP) is 2.55. The van der Waals surface area contributed by atoms with Crippen LogP contribution in [0.3, 0.4) is 0 Å². The number of nitrogens with zero attached hydrogens (tertiary/aromatic N) is 3. The highest BCUT2D eigenvalue weighted by Gasteiger charge is 2.17. The van der Waals surface area contributed by atoms with E-state index in [0.717, 1.165) is 0 Å². The summed E-state index contributed by atoms with van der Waals surface area (Å²) in [6.07, 6.45) is 1.93. The summed E-state index contributed by atoms with van der Waals surface area (Å²) >= 11 is 0. The third-order valence-corrected chi connectivity index (χ3v) is 2.91. The lowest BCUT2D eigenvalue weighted by Gasteiger charge is -2.24. The fourth-order valence-electron chi connectivity index (χ4n) is 1.88. The summed E-state index contributed by atoms with van der Waals surface area (Å²) in [6, 6.07) is 5.96. The van der Waals surface area contributed by atoms with Gasteiger partial charge in [0.05, 0.1) is 5.69 Å². The summed E-state index contributed by atoms with van der Waals surface area (Å²) in [5, 5.41) is 0. The first-order valence-electron chi connectivity index (χ1n) is 6.33. The van der Waals surface area contributed by atoms with Crippen LogP contribution in [0, 0.1) is 18.6 Å². The monoisotopic (exact) mass is 278 g/mol. The molecule has 0 atom stereocenters. The molecule has 1 heterocycles. The average Bonchev–Trinajstić information content (AvgIpc) is 2.44. The van der Waals surface area contributed by atoms with Crippen LogP contribution in [0.25, 0.3) is 0 Å². The number of rotatable bonds is 5. The molecular weight excluding hydrogens is 262 g/mol. The summed E-state index contributed by atoms with van der Waals surface area (Å²) in [7, 11) is 0. The van der Waals surface area contributed by atoms with Crippen LogP contribution < -0.4 is 10.6 Å². The lowest BCUT2D eigenvalue weighted by Crippen LogP contribution is -2.23. The molecule has 1 aromatic carbocycles. The molecule has 6 heteroatoms. The van der Waals surface area contributed by atoms with Gasteiger partial charge in [-0.25, -0.2) is 18.7 Å². The van der Waals surface area contributed by atoms with Gasteiger partial charge < -0.3 is 10.6 Å². The first-order valence-corrected chi connectivity index (χ1v) is 6.33. The minimum Gasteiger partial charge on any atom is -0.330 e. The van der Waals surface area contributed by atoms with Gasteiger partial charge in [-0.2, -0.15) is 0 Å². The van der Waals surface area contributed by atoms with Crippen molar-refractivity contribution in [3.63, 3.8) is 0 Å². The van der Waals surface area contributed by atoms with Gasteiger partial charge in [0.1, 0.15) is 12.1 Å². The number of hydrogen-bond donors (Lipinski definition) is 1. The number of benzene rings is 1. The molecule has 0 amide bonds. The number of hydrogen-bond acceptors (Lipinski definition) is 4. The second-order valence-corrected chi connectivity index (χ2v) is 4.37. The van der Waals surface area contributed by atoms with Crippen molar-refractivity contribution < 1.29 is 8.78 Å². The molecule has 0 radical (unpaired) electrons. The molecule has 2 aromatic rings. The molecule has 0 fully saturated rings. The van der Waals surface area contributed by atoms with E-state index >= 15 is 0 Å². The average molecular weight is 278 g/mol. The molecule has 0 bridgehead atoms. The molecule has 0 saturated carbocycles. The minimum atomic E-state index is -0.506. The maximum atomic E-state index is 14.2. The van der Waals surface area contributed by atoms with E-state index in [-0.39, 0.29) is 17.3 Å². The first-order chi connectivity index (χ1) is 9.63. The van der Waals surface area contributed by atoms with E-state index in [9.17, 15) is 8.78 Å². The molecule has 106 valence electrons. The van der Waals surface area contributed by atoms with E-state index in [2.05, 4.69) is 9.97 Å². The SMILES string of the molecule is Cc1ncnc(N(CCCN)c2cccc(F)c2)c1F. The Bertz CT molecular complexity index is 589. The summed E-state index contributed by atoms with van der Waals surface area (Å²) in [4.78, 5) is 9.39. The van der Waals surface area contributed by atoms with Crippen LogP contribution in [0.2, 0.25) is 0 Å². The van der Waals surface area contributed by atoms with Gasteiger partial charge in [-0.05, 0) is 38.1 Å². The standard InChI is InChI=1S/C14H16F2N4/c1-10-13(16)14(19-9-18-10)20(7-3-6-17)12-5-2-4-11(15)8-12/h2,4-5,8-9H,3,6-7,17H2,1H3. The summed E-state index contributed by atoms with van der Waals surface area (Å²) in [6.45, 7) is 2.47. The van der Waals surface area contributed by atoms with Crippen molar-refractivity contribution in [2.24, 2.45) is 5.73 Å². The minimum absolute atomic E-state index is 0.136. The Morgan fingerprint density at radius 1 is 1.25 bits per heavy atom. The maximum Gasteiger partial charge on any atom is 0.187 e. The maximum absolute atomic E-state index is 14.2. The van der Waals surface area contributed by atoms with Crippen molar-refractivity contribution in [1.29, 1.82) is 0 Å². The number of halogens is 2. The van der Waals surface area contributed by atoms with Crippen molar-refractivity contribution in [3.05, 3.63) is 47.9 Å². The number of aryl methyl sites for hydroxylation is 1. The molecule has 0 aliphatic rings. The van der Waals surface area contributed by atoms with Crippen molar-refractivity contribution in [1.82, 2.24) is 9.97 Å². The first kappa shape index (κ1) is 14.3. The molecule has 2 rings (SSSR count). The van der Waals surface area contributed by atoms with Gasteiger partial charge in [-0.15, -0.1) is 0 Å². The Morgan fingerprint density at radius 2 is 2.05 bits per heavy atom. The van der Waals surface area contributed by atoms with Gasteiger partial charge in [0.25, 0.3) is 0 Å². The highest BCUT2D eigenvalue weighted by atomic mass is 19.1. The van der Waals surface area contributed by atoms with E-state index in [4.69, 9.17) is 5.73 Å². The molecule has 0 aliphatic heterocycles. The van der Waals surface area contributed by atoms with E-state index < -0.39 is 5.82 Å². The molecule has 0 saturated heterocycles. The van der Waals surface area contributed by atoms with Gasteiger partial charge in [0.2, 0.25) is 0 Å². The zero-order valence-corrected chi connectivity index (χ0v) is 11.2. The Kier molecular flexibility index (Phi) is 4.57. The van der Waals surface area contributed by atoms with E-state index in [1.165, 1.54) is 18.5 Å². The van der Waals surface area contributed by atoms with Crippen LogP contribution in [-0.2, 0) is 0 Å². The number of nitrogens with two attached hydrogens (primary N) is 1. The van der Waals surface area contributed by atoms with Gasteiger partial charge in [0, 0.05) is 12.2 Å². The lowest BCUT2D eigenvalue weighted by atomic mass is 10.2. The van der Waals surface area contributed by atoms with Crippen LogP contribution in [0.4, 0.5) is 20.3 Å². The Hall–Kier alpha value is -2.08. The van der Waals surface area contributed by atoms with Crippen molar-refractivity contribution in [2.75, 3.05) is 18.0 Å². The van der Waals surface area contributed by atoms with E-state index in [1.54, 1.807) is 24.0 Å². The smallest absolute Gasteiger partial charge is 0.187 e. The lowest BCUT2D eigenvalue weighted by molar-refractivity contribution is 0.596. The molecule has 20 heavy (non-hydrogen) atoms. The third-order valence-electron chi connectivity index (χ3n) is 2.91. The predicted molar refractivity (Wildman–Crippen MR) is 73.8 cm³/mol. The van der Waals surface area contributed by atoms with Gasteiger partial charge in [0.15, 0.2) is 11.6 Å². The van der Waals surface area contributed by atoms with E-state index in [0.29, 0.717) is 25.2 Å². The van der Waals surface area contributed by atoms with Crippen LogP contribution in [0.15, 0.2) is 30.6 Å². The molecule has 1 aromatic heterocycles. The molecule has 0 aliphatic carbocycles. The number of aromatic nitrogens is 2. The van der Waals surface area contributed by atoms with Gasteiger partial charge in [-0.3, -0.25) is 0 Å². The van der Waals surface area contributed by atoms with Crippen LogP contribution in [0.5, 0.6) is 0 Å². The van der Waals surface area contributed by atoms with Crippen LogP contribution >= 0.6 is 0 Å². The second-order valence-electron chi connectivity index (χ2n) is 4.37. The zero-order chi connectivity index (χ0) is 14.5. The summed E-state index contributed by atoms with van der Waals surface area (Å²) in [5.74, 6) is -0.753. The highest BCUT2D eigenvalue weighted by Crippen LogP contribution is 2.27. The summed E-state index contributed by atoms with van der Waals surface area (Å²) in [5.41, 5.74) is 6.29. The summed E-state index contributed by atoms with van der Waals surface area (Å²) < 4.78 is 27.5. The second kappa shape index (κ2) is 6.38. The van der Waals surface area contributed by atoms with E-state index in [1.807, 2.05) is 0 Å². The van der Waals surface area contributed by atoms with Gasteiger partial charge >= 0.3 is 0 Å². The van der Waals surface area contributed by atoms with Crippen LogP contribution in [0.1, 0.15) is 12.1 Å². The molecule has 0 unspecified atom stereocenters. The normalized spacial score (nSPS) is 10.6. The molecule has 0 spiro atoms. The Morgan fingerprint density at radius 3 is 2.75 bits per heavy atom. The highest BCUT2D eigenvalue weighted by molar-refractivity contribution is 5.60. The zero-order valence-electron chi connectivity index (χ0n) is 11.2. The number of anilines is 2. The Balaban J connectivity index is 2.44. The van der Waals surface area contributed by atoms with Crippen molar-refractivity contribution in [3.8, 4) is 0 Å². The van der Waals surface area contributed by atoms with Crippen molar-refractivity contribution in [2.45, 2.75) is 13.3 Å². The fraction of sp³-hybridized carbons (Fsp3) is 0.286. The van der Waals surface area contributed by atoms with Crippen LogP contribution in [-0.4, -0.2) is 23.1 Å². The molecular formula is C14H16F2N4. The Labute approximate surface area is 116 Å².